The molecule has 0 radical (unpaired) electrons. The molecule has 37 heavy (non-hydrogen) atoms. The first kappa shape index (κ1) is 27.3. The van der Waals surface area contributed by atoms with E-state index in [-0.39, 0.29) is 22.9 Å². The molecule has 198 valence electrons. The first-order chi connectivity index (χ1) is 17.6. The molecule has 0 aromatic heterocycles. The van der Waals surface area contributed by atoms with Gasteiger partial charge in [-0.3, -0.25) is 4.90 Å². The van der Waals surface area contributed by atoms with Crippen LogP contribution >= 0.6 is 0 Å². The smallest absolute Gasteiger partial charge is 0.243 e. The third-order valence-corrected chi connectivity index (χ3v) is 9.30. The molecule has 11 heteroatoms. The van der Waals surface area contributed by atoms with E-state index in [0.717, 1.165) is 24.0 Å². The lowest BCUT2D eigenvalue weighted by atomic mass is 10.0. The Morgan fingerprint density at radius 1 is 0.784 bits per heavy atom. The Balaban J connectivity index is 1.35. The Kier molecular flexibility index (Phi) is 8.39. The van der Waals surface area contributed by atoms with Crippen molar-refractivity contribution >= 4 is 19.9 Å². The molecule has 1 atom stereocenters. The van der Waals surface area contributed by atoms with Crippen LogP contribution in [0.15, 0.2) is 82.6 Å². The van der Waals surface area contributed by atoms with Crippen LogP contribution < -0.4 is 0 Å². The molecule has 0 unspecified atom stereocenters. The van der Waals surface area contributed by atoms with Gasteiger partial charge in [0.25, 0.3) is 0 Å². The van der Waals surface area contributed by atoms with E-state index in [2.05, 4.69) is 4.90 Å². The van der Waals surface area contributed by atoms with Crippen molar-refractivity contribution in [3.8, 4) is 0 Å². The van der Waals surface area contributed by atoms with Gasteiger partial charge < -0.3 is 4.74 Å². The highest BCUT2D eigenvalue weighted by molar-refractivity contribution is 7.90. The van der Waals surface area contributed by atoms with Gasteiger partial charge in [-0.1, -0.05) is 36.4 Å². The molecule has 0 aliphatic carbocycles. The van der Waals surface area contributed by atoms with Gasteiger partial charge in [-0.15, -0.1) is 0 Å². The Hall–Kier alpha value is -2.70. The number of nitrogens with zero attached hydrogens (tertiary/aromatic N) is 2. The highest BCUT2D eigenvalue weighted by Crippen LogP contribution is 2.27. The second kappa shape index (κ2) is 11.4. The van der Waals surface area contributed by atoms with E-state index in [4.69, 9.17) is 4.74 Å². The van der Waals surface area contributed by atoms with Crippen molar-refractivity contribution in [2.45, 2.75) is 15.9 Å². The Morgan fingerprint density at radius 2 is 1.41 bits per heavy atom. The second-order valence-corrected chi connectivity index (χ2v) is 12.8. The van der Waals surface area contributed by atoms with Crippen LogP contribution in [0, 0.1) is 11.6 Å². The molecule has 1 aliphatic heterocycles. The number of piperazine rings is 1. The van der Waals surface area contributed by atoms with Crippen molar-refractivity contribution in [2.75, 3.05) is 45.6 Å². The minimum absolute atomic E-state index is 0.0499. The Bertz CT molecular complexity index is 1430. The van der Waals surface area contributed by atoms with E-state index in [9.17, 15) is 25.6 Å². The monoisotopic (exact) mass is 550 g/mol. The fraction of sp³-hybridized carbons (Fsp3) is 0.308. The molecule has 7 nitrogen and oxygen atoms in total. The lowest BCUT2D eigenvalue weighted by Gasteiger charge is -2.34. The zero-order valence-electron chi connectivity index (χ0n) is 20.3. The molecule has 0 spiro atoms. The van der Waals surface area contributed by atoms with Gasteiger partial charge in [-0.25, -0.2) is 25.6 Å². The van der Waals surface area contributed by atoms with Crippen LogP contribution in [0.2, 0.25) is 0 Å². The number of hydrogen-bond donors (Lipinski definition) is 0. The number of rotatable bonds is 9. The highest BCUT2D eigenvalue weighted by Gasteiger charge is 2.29. The molecule has 0 saturated carbocycles. The van der Waals surface area contributed by atoms with Gasteiger partial charge in [0, 0.05) is 39.0 Å². The first-order valence-corrected chi connectivity index (χ1v) is 15.0. The normalized spacial score (nSPS) is 16.5. The van der Waals surface area contributed by atoms with Gasteiger partial charge >= 0.3 is 0 Å². The van der Waals surface area contributed by atoms with Crippen LogP contribution in [0.5, 0.6) is 0 Å². The standard InChI is InChI=1S/C26H28F2N2O5S2/c1-36(31,32)22-8-10-23(11-9-22)37(33,34)30-15-13-29(14-16-30)17-18-35-26(20-5-3-2-4-6-20)21-7-12-24(27)25(28)19-21/h2-12,19,26H,13-18H2,1H3/t26-/m1/s1. The number of ether oxygens (including phenoxy) is 1. The van der Waals surface area contributed by atoms with Crippen molar-refractivity contribution in [1.29, 1.82) is 0 Å². The van der Waals surface area contributed by atoms with E-state index in [1.165, 1.54) is 34.6 Å². The second-order valence-electron chi connectivity index (χ2n) is 8.82. The van der Waals surface area contributed by atoms with E-state index < -0.39 is 37.6 Å². The summed E-state index contributed by atoms with van der Waals surface area (Å²) in [6.07, 6.45) is 0.493. The quantitative estimate of drug-likeness (QED) is 0.406. The van der Waals surface area contributed by atoms with Gasteiger partial charge in [0.15, 0.2) is 21.5 Å². The van der Waals surface area contributed by atoms with Crippen LogP contribution in [0.25, 0.3) is 0 Å². The lowest BCUT2D eigenvalue weighted by Crippen LogP contribution is -2.49. The van der Waals surface area contributed by atoms with Crippen LogP contribution in [0.4, 0.5) is 8.78 Å². The first-order valence-electron chi connectivity index (χ1n) is 11.7. The highest BCUT2D eigenvalue weighted by atomic mass is 32.2. The van der Waals surface area contributed by atoms with Crippen molar-refractivity contribution in [1.82, 2.24) is 9.21 Å². The van der Waals surface area contributed by atoms with Gasteiger partial charge in [0.2, 0.25) is 10.0 Å². The van der Waals surface area contributed by atoms with Gasteiger partial charge in [-0.2, -0.15) is 4.31 Å². The molecule has 1 fully saturated rings. The third-order valence-electron chi connectivity index (χ3n) is 6.26. The summed E-state index contributed by atoms with van der Waals surface area (Å²) >= 11 is 0. The maximum atomic E-state index is 13.9. The van der Waals surface area contributed by atoms with Crippen LogP contribution in [-0.4, -0.2) is 71.6 Å². The van der Waals surface area contributed by atoms with E-state index in [1.54, 1.807) is 0 Å². The van der Waals surface area contributed by atoms with Crippen LogP contribution in [-0.2, 0) is 24.6 Å². The summed E-state index contributed by atoms with van der Waals surface area (Å²) in [4.78, 5) is 2.19. The van der Waals surface area contributed by atoms with Gasteiger partial charge in [0.05, 0.1) is 16.4 Å². The fourth-order valence-electron chi connectivity index (χ4n) is 4.19. The minimum atomic E-state index is -3.75. The molecule has 3 aromatic rings. The molecular formula is C26H28F2N2O5S2. The minimum Gasteiger partial charge on any atom is -0.367 e. The average Bonchev–Trinajstić information content (AvgIpc) is 2.89. The molecule has 0 N–H and O–H groups in total. The van der Waals surface area contributed by atoms with Gasteiger partial charge in [0.1, 0.15) is 6.10 Å². The lowest BCUT2D eigenvalue weighted by molar-refractivity contribution is 0.0525. The maximum absolute atomic E-state index is 13.9. The van der Waals surface area contributed by atoms with E-state index in [0.29, 0.717) is 31.8 Å². The largest absolute Gasteiger partial charge is 0.367 e. The molecule has 0 bridgehead atoms. The summed E-state index contributed by atoms with van der Waals surface area (Å²) in [7, 11) is -7.16. The molecule has 1 aliphatic rings. The van der Waals surface area contributed by atoms with Crippen molar-refractivity contribution in [3.05, 3.63) is 95.6 Å². The van der Waals surface area contributed by atoms with Crippen LogP contribution in [0.1, 0.15) is 17.2 Å². The number of benzene rings is 3. The van der Waals surface area contributed by atoms with E-state index in [1.807, 2.05) is 30.3 Å². The summed E-state index contributed by atoms with van der Waals surface area (Å²) in [6, 6.07) is 18.2. The topological polar surface area (TPSA) is 84.0 Å². The van der Waals surface area contributed by atoms with Crippen LogP contribution in [0.3, 0.4) is 0 Å². The average molecular weight is 551 g/mol. The molecular weight excluding hydrogens is 522 g/mol. The Morgan fingerprint density at radius 3 is 2.00 bits per heavy atom. The predicted molar refractivity (Wildman–Crippen MR) is 135 cm³/mol. The molecule has 1 saturated heterocycles. The number of sulfone groups is 1. The summed E-state index contributed by atoms with van der Waals surface area (Å²) in [5, 5.41) is 0. The SMILES string of the molecule is CS(=O)(=O)c1ccc(S(=O)(=O)N2CCN(CCO[C@H](c3ccccc3)c3ccc(F)c(F)c3)CC2)cc1. The number of hydrogen-bond acceptors (Lipinski definition) is 6. The Labute approximate surface area is 216 Å². The maximum Gasteiger partial charge on any atom is 0.243 e. The summed E-state index contributed by atoms with van der Waals surface area (Å²) in [5.41, 5.74) is 1.31. The molecule has 4 rings (SSSR count). The van der Waals surface area contributed by atoms with Crippen molar-refractivity contribution in [2.24, 2.45) is 0 Å². The number of sulfonamides is 1. The third kappa shape index (κ3) is 6.60. The van der Waals surface area contributed by atoms with Crippen molar-refractivity contribution < 1.29 is 30.4 Å². The van der Waals surface area contributed by atoms with Gasteiger partial charge in [-0.05, 0) is 47.5 Å². The van der Waals surface area contributed by atoms with Crippen molar-refractivity contribution in [3.63, 3.8) is 0 Å². The zero-order chi connectivity index (χ0) is 26.6. The molecule has 1 heterocycles. The number of halogens is 2. The summed E-state index contributed by atoms with van der Waals surface area (Å²) in [6.45, 7) is 2.38. The fourth-order valence-corrected chi connectivity index (χ4v) is 6.24. The van der Waals surface area contributed by atoms with E-state index >= 15 is 0 Å². The predicted octanol–water partition coefficient (Wildman–Crippen LogP) is 3.48. The zero-order valence-corrected chi connectivity index (χ0v) is 21.9. The summed E-state index contributed by atoms with van der Waals surface area (Å²) in [5.74, 6) is -1.86. The molecule has 0 amide bonds. The molecule has 3 aromatic carbocycles. The summed E-state index contributed by atoms with van der Waals surface area (Å²) < 4.78 is 84.1.